The van der Waals surface area contributed by atoms with Crippen LogP contribution in [0.5, 0.6) is 5.75 Å². The van der Waals surface area contributed by atoms with E-state index < -0.39 is 7.12 Å². The van der Waals surface area contributed by atoms with Gasteiger partial charge in [-0.25, -0.2) is 0 Å². The highest BCUT2D eigenvalue weighted by Gasteiger charge is 2.32. The molecule has 0 aliphatic carbocycles. The number of fused-ring (bicyclic) bond motifs is 1. The van der Waals surface area contributed by atoms with E-state index in [1.165, 1.54) is 13.0 Å². The normalized spacial score (nSPS) is 13.9. The number of hydrogen-bond donors (Lipinski definition) is 3. The van der Waals surface area contributed by atoms with Crippen LogP contribution < -0.4 is 10.8 Å². The molecule has 0 saturated carbocycles. The van der Waals surface area contributed by atoms with Crippen LogP contribution in [-0.4, -0.2) is 23.2 Å². The molecule has 1 aromatic carbocycles. The number of hydrogen-bond acceptors (Lipinski definition) is 4. The summed E-state index contributed by atoms with van der Waals surface area (Å²) in [5, 5.41) is 21.5. The Hall–Kier alpha value is -1.53. The van der Waals surface area contributed by atoms with Crippen molar-refractivity contribution in [2.75, 3.05) is 5.32 Å². The van der Waals surface area contributed by atoms with Crippen molar-refractivity contribution in [2.45, 2.75) is 13.5 Å². The molecular formula is C9H10BNO4. The van der Waals surface area contributed by atoms with Crippen molar-refractivity contribution in [3.8, 4) is 5.75 Å². The first-order valence-electron chi connectivity index (χ1n) is 4.51. The standard InChI is InChI=1S/C9H10BNO4/c1-5(12)11-9-7(13)3-2-6-4-15-10(14)8(6)9/h2-3,13-14H,4H2,1H3,(H,11,12). The van der Waals surface area contributed by atoms with Crippen molar-refractivity contribution < 1.29 is 19.6 Å². The Bertz CT molecular complexity index is 421. The number of aromatic hydroxyl groups is 1. The lowest BCUT2D eigenvalue weighted by molar-refractivity contribution is -0.114. The van der Waals surface area contributed by atoms with E-state index >= 15 is 0 Å². The fraction of sp³-hybridized carbons (Fsp3) is 0.222. The van der Waals surface area contributed by atoms with Gasteiger partial charge in [0.2, 0.25) is 5.91 Å². The lowest BCUT2D eigenvalue weighted by Gasteiger charge is -2.10. The highest BCUT2D eigenvalue weighted by atomic mass is 16.5. The van der Waals surface area contributed by atoms with Crippen LogP contribution in [0.1, 0.15) is 12.5 Å². The Labute approximate surface area is 86.8 Å². The van der Waals surface area contributed by atoms with Gasteiger partial charge < -0.3 is 20.1 Å². The number of benzene rings is 1. The van der Waals surface area contributed by atoms with Crippen LogP contribution in [0.25, 0.3) is 0 Å². The molecule has 5 nitrogen and oxygen atoms in total. The highest BCUT2D eigenvalue weighted by Crippen LogP contribution is 2.26. The van der Waals surface area contributed by atoms with Gasteiger partial charge in [0.1, 0.15) is 5.75 Å². The summed E-state index contributed by atoms with van der Waals surface area (Å²) >= 11 is 0. The minimum atomic E-state index is -1.09. The fourth-order valence-electron chi connectivity index (χ4n) is 1.62. The minimum Gasteiger partial charge on any atom is -0.506 e. The average molecular weight is 207 g/mol. The maximum atomic E-state index is 10.9. The number of carbonyl (C=O) groups excluding carboxylic acids is 1. The Morgan fingerprint density at radius 2 is 2.33 bits per heavy atom. The van der Waals surface area contributed by atoms with Gasteiger partial charge >= 0.3 is 7.12 Å². The van der Waals surface area contributed by atoms with Crippen molar-refractivity contribution in [1.82, 2.24) is 0 Å². The first-order valence-corrected chi connectivity index (χ1v) is 4.51. The Morgan fingerprint density at radius 1 is 1.60 bits per heavy atom. The molecule has 3 N–H and O–H groups in total. The smallest absolute Gasteiger partial charge is 0.494 e. The van der Waals surface area contributed by atoms with E-state index in [0.29, 0.717) is 5.46 Å². The van der Waals surface area contributed by atoms with Gasteiger partial charge in [-0.1, -0.05) is 6.07 Å². The van der Waals surface area contributed by atoms with Crippen molar-refractivity contribution >= 4 is 24.2 Å². The molecule has 0 aromatic heterocycles. The number of carbonyl (C=O) groups is 1. The summed E-state index contributed by atoms with van der Waals surface area (Å²) in [6.07, 6.45) is 0. The van der Waals surface area contributed by atoms with E-state index in [2.05, 4.69) is 5.32 Å². The predicted molar refractivity (Wildman–Crippen MR) is 54.8 cm³/mol. The Kier molecular flexibility index (Phi) is 2.38. The number of anilines is 1. The molecule has 0 radical (unpaired) electrons. The second kappa shape index (κ2) is 3.56. The van der Waals surface area contributed by atoms with E-state index in [9.17, 15) is 14.9 Å². The predicted octanol–water partition coefficient (Wildman–Crippen LogP) is -0.432. The van der Waals surface area contributed by atoms with Gasteiger partial charge in [-0.05, 0) is 11.6 Å². The maximum Gasteiger partial charge on any atom is 0.494 e. The third-order valence-corrected chi connectivity index (χ3v) is 2.26. The van der Waals surface area contributed by atoms with Crippen LogP contribution in [0.15, 0.2) is 12.1 Å². The van der Waals surface area contributed by atoms with Gasteiger partial charge in [-0.15, -0.1) is 0 Å². The lowest BCUT2D eigenvalue weighted by Crippen LogP contribution is -2.31. The molecule has 1 aliphatic heterocycles. The molecular weight excluding hydrogens is 197 g/mol. The first-order chi connectivity index (χ1) is 7.09. The van der Waals surface area contributed by atoms with Crippen molar-refractivity contribution in [2.24, 2.45) is 0 Å². The molecule has 0 spiro atoms. The van der Waals surface area contributed by atoms with Crippen LogP contribution in [0.3, 0.4) is 0 Å². The zero-order chi connectivity index (χ0) is 11.0. The molecule has 0 unspecified atom stereocenters. The maximum absolute atomic E-state index is 10.9. The number of rotatable bonds is 1. The van der Waals surface area contributed by atoms with Crippen LogP contribution in [0.4, 0.5) is 5.69 Å². The van der Waals surface area contributed by atoms with Gasteiger partial charge in [-0.3, -0.25) is 4.79 Å². The molecule has 6 heteroatoms. The number of phenols is 1. The van der Waals surface area contributed by atoms with E-state index in [0.717, 1.165) is 5.56 Å². The zero-order valence-electron chi connectivity index (χ0n) is 8.15. The summed E-state index contributed by atoms with van der Waals surface area (Å²) in [5.74, 6) is -0.383. The second-order valence-corrected chi connectivity index (χ2v) is 3.38. The second-order valence-electron chi connectivity index (χ2n) is 3.38. The summed E-state index contributed by atoms with van der Waals surface area (Å²) in [5.41, 5.74) is 1.43. The summed E-state index contributed by atoms with van der Waals surface area (Å²) in [6.45, 7) is 1.62. The summed E-state index contributed by atoms with van der Waals surface area (Å²) in [6, 6.07) is 3.12. The minimum absolute atomic E-state index is 0.0755. The highest BCUT2D eigenvalue weighted by molar-refractivity contribution is 6.63. The third-order valence-electron chi connectivity index (χ3n) is 2.26. The Morgan fingerprint density at radius 3 is 3.00 bits per heavy atom. The zero-order valence-corrected chi connectivity index (χ0v) is 8.15. The van der Waals surface area contributed by atoms with E-state index in [-0.39, 0.29) is 24.0 Å². The molecule has 0 fully saturated rings. The first kappa shape index (κ1) is 10.0. The van der Waals surface area contributed by atoms with Crippen LogP contribution in [0, 0.1) is 0 Å². The Balaban J connectivity index is 2.51. The van der Waals surface area contributed by atoms with Crippen LogP contribution in [0.2, 0.25) is 0 Å². The van der Waals surface area contributed by atoms with Crippen molar-refractivity contribution in [3.63, 3.8) is 0 Å². The molecule has 15 heavy (non-hydrogen) atoms. The molecule has 0 saturated heterocycles. The molecule has 1 aromatic rings. The summed E-state index contributed by atoms with van der Waals surface area (Å²) < 4.78 is 4.99. The molecule has 0 atom stereocenters. The van der Waals surface area contributed by atoms with E-state index in [1.807, 2.05) is 0 Å². The van der Waals surface area contributed by atoms with Gasteiger partial charge in [0.15, 0.2) is 0 Å². The van der Waals surface area contributed by atoms with E-state index in [1.54, 1.807) is 6.07 Å². The monoisotopic (exact) mass is 207 g/mol. The number of nitrogens with one attached hydrogen (secondary N) is 1. The summed E-state index contributed by atoms with van der Waals surface area (Å²) in [4.78, 5) is 10.9. The van der Waals surface area contributed by atoms with Crippen molar-refractivity contribution in [3.05, 3.63) is 17.7 Å². The van der Waals surface area contributed by atoms with Gasteiger partial charge in [0, 0.05) is 12.4 Å². The number of phenolic OH excluding ortho intramolecular Hbond substituents is 1. The molecule has 1 aliphatic rings. The van der Waals surface area contributed by atoms with Gasteiger partial charge in [-0.2, -0.15) is 0 Å². The van der Waals surface area contributed by atoms with E-state index in [4.69, 9.17) is 4.65 Å². The summed E-state index contributed by atoms with van der Waals surface area (Å²) in [7, 11) is -1.09. The van der Waals surface area contributed by atoms with Crippen LogP contribution >= 0.6 is 0 Å². The topological polar surface area (TPSA) is 78.8 Å². The fourth-order valence-corrected chi connectivity index (χ4v) is 1.62. The van der Waals surface area contributed by atoms with Crippen LogP contribution in [-0.2, 0) is 16.1 Å². The SMILES string of the molecule is CC(=O)Nc1c(O)ccc2c1B(O)OC2. The molecule has 0 bridgehead atoms. The van der Waals surface area contributed by atoms with Gasteiger partial charge in [0.25, 0.3) is 0 Å². The largest absolute Gasteiger partial charge is 0.506 e. The quantitative estimate of drug-likeness (QED) is 0.431. The lowest BCUT2D eigenvalue weighted by atomic mass is 9.78. The molecule has 1 heterocycles. The average Bonchev–Trinajstić information content (AvgIpc) is 2.52. The van der Waals surface area contributed by atoms with Gasteiger partial charge in [0.05, 0.1) is 12.3 Å². The number of amides is 1. The third kappa shape index (κ3) is 1.69. The molecule has 1 amide bonds. The van der Waals surface area contributed by atoms with Crippen molar-refractivity contribution in [1.29, 1.82) is 0 Å². The molecule has 78 valence electrons. The molecule has 2 rings (SSSR count).